The molecule has 0 fully saturated rings. The average molecular weight is 263 g/mol. The first-order valence-corrected chi connectivity index (χ1v) is 7.23. The molecule has 0 aliphatic heterocycles. The van der Waals surface area contributed by atoms with Crippen LogP contribution in [-0.2, 0) is 0 Å². The normalized spacial score (nSPS) is 11.0. The minimum Gasteiger partial charge on any atom is -0.496 e. The molecule has 98 valence electrons. The summed E-state index contributed by atoms with van der Waals surface area (Å²) in [5, 5.41) is 0. The summed E-state index contributed by atoms with van der Waals surface area (Å²) in [4.78, 5) is 4.66. The van der Waals surface area contributed by atoms with Crippen LogP contribution in [0.5, 0.6) is 5.75 Å². The quantitative estimate of drug-likeness (QED) is 0.507. The molecule has 0 radical (unpaired) electrons. The van der Waals surface area contributed by atoms with E-state index < -0.39 is 0 Å². The molecular weight excluding hydrogens is 242 g/mol. The highest BCUT2D eigenvalue weighted by molar-refractivity contribution is 8.01. The van der Waals surface area contributed by atoms with Crippen molar-refractivity contribution in [3.05, 3.63) is 35.7 Å². The lowest BCUT2D eigenvalue weighted by molar-refractivity contribution is 0.404. The summed E-state index contributed by atoms with van der Waals surface area (Å²) in [7, 11) is 1.68. The minimum atomic E-state index is -0.335. The highest BCUT2D eigenvalue weighted by atomic mass is 32.2. The van der Waals surface area contributed by atoms with Gasteiger partial charge >= 0.3 is 0 Å². The van der Waals surface area contributed by atoms with Crippen molar-refractivity contribution in [1.29, 1.82) is 0 Å². The summed E-state index contributed by atoms with van der Waals surface area (Å²) in [5.74, 6) is 0.864. The van der Waals surface area contributed by atoms with Gasteiger partial charge in [-0.25, -0.2) is 6.57 Å². The van der Waals surface area contributed by atoms with E-state index in [1.165, 1.54) is 0 Å². The molecule has 18 heavy (non-hydrogen) atoms. The fourth-order valence-electron chi connectivity index (χ4n) is 2.05. The van der Waals surface area contributed by atoms with Gasteiger partial charge in [0.05, 0.1) is 12.0 Å². The topological polar surface area (TPSA) is 13.6 Å². The Labute approximate surface area is 115 Å². The number of para-hydroxylation sites is 1. The van der Waals surface area contributed by atoms with Crippen molar-refractivity contribution in [1.82, 2.24) is 0 Å². The summed E-state index contributed by atoms with van der Waals surface area (Å²) in [6.45, 7) is 11.8. The van der Waals surface area contributed by atoms with E-state index in [9.17, 15) is 0 Å². The number of ether oxygens (including phenoxy) is 1. The molecule has 0 heterocycles. The van der Waals surface area contributed by atoms with Gasteiger partial charge in [0.1, 0.15) is 5.75 Å². The molecule has 1 aromatic rings. The molecule has 0 N–H and O–H groups in total. The molecule has 1 rings (SSSR count). The highest BCUT2D eigenvalue weighted by Crippen LogP contribution is 2.44. The van der Waals surface area contributed by atoms with Crippen LogP contribution in [0.3, 0.4) is 0 Å². The lowest BCUT2D eigenvalue weighted by atomic mass is 10.1. The van der Waals surface area contributed by atoms with Gasteiger partial charge in [-0.15, -0.1) is 0 Å². The monoisotopic (exact) mass is 263 g/mol. The molecule has 0 bridgehead atoms. The first kappa shape index (κ1) is 14.9. The number of rotatable bonds is 7. The van der Waals surface area contributed by atoms with Crippen LogP contribution in [0.1, 0.15) is 39.5 Å². The second-order valence-electron chi connectivity index (χ2n) is 4.31. The van der Waals surface area contributed by atoms with E-state index in [1.54, 1.807) is 18.9 Å². The maximum atomic E-state index is 7.55. The third-order valence-corrected chi connectivity index (χ3v) is 4.29. The molecule has 0 aliphatic rings. The van der Waals surface area contributed by atoms with Crippen LogP contribution in [0.4, 0.5) is 0 Å². The maximum absolute atomic E-state index is 7.55. The molecule has 3 heteroatoms. The molecule has 0 saturated heterocycles. The van der Waals surface area contributed by atoms with E-state index in [0.717, 1.165) is 36.3 Å². The number of hydrogen-bond acceptors (Lipinski definition) is 2. The van der Waals surface area contributed by atoms with Gasteiger partial charge in [-0.3, -0.25) is 4.85 Å². The standard InChI is InChI=1S/C15H21NOS/c1-5-11-15(16-3,12-6-2)18-14-10-8-7-9-13(14)17-4/h7-10H,5-6,11-12H2,1-2,4H3. The first-order chi connectivity index (χ1) is 8.71. The van der Waals surface area contributed by atoms with E-state index in [4.69, 9.17) is 11.3 Å². The van der Waals surface area contributed by atoms with Gasteiger partial charge in [-0.05, 0) is 36.7 Å². The van der Waals surface area contributed by atoms with Crippen LogP contribution in [0.25, 0.3) is 4.85 Å². The zero-order chi connectivity index (χ0) is 13.4. The molecule has 1 aromatic carbocycles. The van der Waals surface area contributed by atoms with Gasteiger partial charge < -0.3 is 4.74 Å². The van der Waals surface area contributed by atoms with Crippen molar-refractivity contribution in [2.45, 2.75) is 49.3 Å². The number of hydrogen-bond donors (Lipinski definition) is 0. The van der Waals surface area contributed by atoms with Crippen molar-refractivity contribution in [2.75, 3.05) is 7.11 Å². The van der Waals surface area contributed by atoms with E-state index in [1.807, 2.05) is 24.3 Å². The number of benzene rings is 1. The molecule has 0 amide bonds. The highest BCUT2D eigenvalue weighted by Gasteiger charge is 2.36. The van der Waals surface area contributed by atoms with E-state index in [0.29, 0.717) is 0 Å². The Kier molecular flexibility index (Phi) is 6.07. The number of thioether (sulfide) groups is 1. The van der Waals surface area contributed by atoms with Crippen molar-refractivity contribution in [3.63, 3.8) is 0 Å². The van der Waals surface area contributed by atoms with Gasteiger partial charge in [-0.1, -0.05) is 26.0 Å². The van der Waals surface area contributed by atoms with Crippen molar-refractivity contribution < 1.29 is 4.74 Å². The van der Waals surface area contributed by atoms with Crippen LogP contribution in [0.2, 0.25) is 0 Å². The molecule has 0 aliphatic carbocycles. The zero-order valence-electron chi connectivity index (χ0n) is 11.4. The fourth-order valence-corrected chi connectivity index (χ4v) is 3.52. The van der Waals surface area contributed by atoms with E-state index in [2.05, 4.69) is 18.7 Å². The molecular formula is C15H21NOS. The number of methoxy groups -OCH3 is 1. The molecule has 0 unspecified atom stereocenters. The largest absolute Gasteiger partial charge is 0.496 e. The molecule has 0 atom stereocenters. The van der Waals surface area contributed by atoms with Crippen molar-refractivity contribution >= 4 is 11.8 Å². The van der Waals surface area contributed by atoms with Crippen LogP contribution in [0.15, 0.2) is 29.2 Å². The molecule has 2 nitrogen and oxygen atoms in total. The predicted octanol–water partition coefficient (Wildman–Crippen LogP) is 5.00. The summed E-state index contributed by atoms with van der Waals surface area (Å²) in [5.41, 5.74) is 0. The fraction of sp³-hybridized carbons (Fsp3) is 0.533. The SMILES string of the molecule is [C-]#[N+]C(CCC)(CCC)Sc1ccccc1OC. The minimum absolute atomic E-state index is 0.335. The second kappa shape index (κ2) is 7.33. The second-order valence-corrected chi connectivity index (χ2v) is 5.71. The summed E-state index contributed by atoms with van der Waals surface area (Å²) < 4.78 is 5.37. The summed E-state index contributed by atoms with van der Waals surface area (Å²) in [6.07, 6.45) is 3.91. The molecule has 0 saturated carbocycles. The Balaban J connectivity index is 2.99. The lowest BCUT2D eigenvalue weighted by Crippen LogP contribution is -2.19. The Morgan fingerprint density at radius 1 is 1.22 bits per heavy atom. The Hall–Kier alpha value is -1.14. The Morgan fingerprint density at radius 2 is 1.83 bits per heavy atom. The third-order valence-electron chi connectivity index (χ3n) is 2.85. The van der Waals surface area contributed by atoms with Gasteiger partial charge in [0, 0.05) is 12.8 Å². The maximum Gasteiger partial charge on any atom is 0.282 e. The van der Waals surface area contributed by atoms with Crippen LogP contribution < -0.4 is 4.74 Å². The van der Waals surface area contributed by atoms with Gasteiger partial charge in [0.15, 0.2) is 0 Å². The van der Waals surface area contributed by atoms with E-state index in [-0.39, 0.29) is 4.87 Å². The third kappa shape index (κ3) is 3.68. The smallest absolute Gasteiger partial charge is 0.282 e. The number of nitrogens with zero attached hydrogens (tertiary/aromatic N) is 1. The predicted molar refractivity (Wildman–Crippen MR) is 78.0 cm³/mol. The van der Waals surface area contributed by atoms with Crippen molar-refractivity contribution in [2.24, 2.45) is 0 Å². The van der Waals surface area contributed by atoms with Gasteiger partial charge in [0.2, 0.25) is 0 Å². The zero-order valence-corrected chi connectivity index (χ0v) is 12.2. The average Bonchev–Trinajstić information content (AvgIpc) is 2.40. The summed E-state index contributed by atoms with van der Waals surface area (Å²) in [6, 6.07) is 7.95. The molecule has 0 aromatic heterocycles. The first-order valence-electron chi connectivity index (χ1n) is 6.42. The van der Waals surface area contributed by atoms with Crippen LogP contribution in [-0.4, -0.2) is 12.0 Å². The van der Waals surface area contributed by atoms with Crippen molar-refractivity contribution in [3.8, 4) is 5.75 Å². The van der Waals surface area contributed by atoms with Crippen LogP contribution >= 0.6 is 11.8 Å². The lowest BCUT2D eigenvalue weighted by Gasteiger charge is -2.21. The Bertz CT molecular complexity index is 405. The van der Waals surface area contributed by atoms with Gasteiger partial charge in [-0.2, -0.15) is 0 Å². The van der Waals surface area contributed by atoms with Crippen LogP contribution in [0, 0.1) is 6.57 Å². The Morgan fingerprint density at radius 3 is 2.33 bits per heavy atom. The summed E-state index contributed by atoms with van der Waals surface area (Å²) >= 11 is 1.66. The van der Waals surface area contributed by atoms with E-state index >= 15 is 0 Å². The molecule has 0 spiro atoms. The van der Waals surface area contributed by atoms with Gasteiger partial charge in [0.25, 0.3) is 4.87 Å².